The van der Waals surface area contributed by atoms with Crippen molar-refractivity contribution in [3.05, 3.63) is 35.4 Å². The van der Waals surface area contributed by atoms with E-state index in [-0.39, 0.29) is 18.1 Å². The molecule has 0 aromatic heterocycles. The van der Waals surface area contributed by atoms with Crippen LogP contribution in [0, 0.1) is 0 Å². The molecule has 1 heterocycles. The molecule has 1 saturated heterocycles. The number of hydrogen-bond acceptors (Lipinski definition) is 5. The van der Waals surface area contributed by atoms with Gasteiger partial charge in [0, 0.05) is 27.2 Å². The first-order valence-corrected chi connectivity index (χ1v) is 8.62. The second kappa shape index (κ2) is 8.48. The second-order valence-electron chi connectivity index (χ2n) is 5.99. The zero-order valence-corrected chi connectivity index (χ0v) is 15.9. The molecule has 0 spiro atoms. The first-order valence-electron chi connectivity index (χ1n) is 8.62. The summed E-state index contributed by atoms with van der Waals surface area (Å²) in [6.07, 6.45) is 1.43. The second-order valence-corrected chi connectivity index (χ2v) is 5.99. The summed E-state index contributed by atoms with van der Waals surface area (Å²) in [5.74, 6) is -0.884. The monoisotopic (exact) mass is 373 g/mol. The highest BCUT2D eigenvalue weighted by atomic mass is 16.5. The van der Waals surface area contributed by atoms with E-state index < -0.39 is 17.8 Å². The van der Waals surface area contributed by atoms with Crippen molar-refractivity contribution in [3.63, 3.8) is 0 Å². The first kappa shape index (κ1) is 20.2. The van der Waals surface area contributed by atoms with Gasteiger partial charge in [-0.1, -0.05) is 12.1 Å². The van der Waals surface area contributed by atoms with Gasteiger partial charge < -0.3 is 9.64 Å². The minimum Gasteiger partial charge on any atom is -0.484 e. The summed E-state index contributed by atoms with van der Waals surface area (Å²) < 4.78 is 5.48. The summed E-state index contributed by atoms with van der Waals surface area (Å²) in [4.78, 5) is 51.5. The summed E-state index contributed by atoms with van der Waals surface area (Å²) in [5, 5.41) is 0. The first-order chi connectivity index (χ1) is 12.8. The minimum absolute atomic E-state index is 0.0587. The van der Waals surface area contributed by atoms with Gasteiger partial charge in [-0.2, -0.15) is 0 Å². The van der Waals surface area contributed by atoms with E-state index in [4.69, 9.17) is 4.74 Å². The smallest absolute Gasteiger partial charge is 0.333 e. The highest BCUT2D eigenvalue weighted by molar-refractivity contribution is 6.30. The molecule has 1 aromatic carbocycles. The summed E-state index contributed by atoms with van der Waals surface area (Å²) in [5.41, 5.74) is 0.509. The van der Waals surface area contributed by atoms with E-state index in [2.05, 4.69) is 0 Å². The lowest BCUT2D eigenvalue weighted by atomic mass is 10.1. The molecule has 1 aromatic rings. The summed E-state index contributed by atoms with van der Waals surface area (Å²) in [6, 6.07) is 5.97. The van der Waals surface area contributed by atoms with E-state index in [1.165, 1.54) is 20.2 Å². The topological polar surface area (TPSA) is 87.2 Å². The number of hydrogen-bond donors (Lipinski definition) is 0. The Morgan fingerprint density at radius 2 is 1.52 bits per heavy atom. The number of imide groups is 2. The van der Waals surface area contributed by atoms with Gasteiger partial charge in [0.05, 0.1) is 0 Å². The molecule has 8 nitrogen and oxygen atoms in total. The maximum absolute atomic E-state index is 12.2. The van der Waals surface area contributed by atoms with Crippen LogP contribution < -0.4 is 4.74 Å². The number of carbonyl (C=O) groups excluding carboxylic acids is 4. The van der Waals surface area contributed by atoms with Crippen LogP contribution in [0.15, 0.2) is 29.8 Å². The van der Waals surface area contributed by atoms with Crippen LogP contribution >= 0.6 is 0 Å². The third-order valence-electron chi connectivity index (χ3n) is 4.31. The molecule has 0 aliphatic carbocycles. The highest BCUT2D eigenvalue weighted by Gasteiger charge is 2.37. The van der Waals surface area contributed by atoms with E-state index in [0.29, 0.717) is 24.4 Å². The van der Waals surface area contributed by atoms with E-state index in [1.54, 1.807) is 29.2 Å². The van der Waals surface area contributed by atoms with Crippen molar-refractivity contribution < 1.29 is 23.9 Å². The molecule has 2 rings (SSSR count). The Morgan fingerprint density at radius 3 is 2.00 bits per heavy atom. The number of barbiturate groups is 1. The maximum atomic E-state index is 12.2. The Balaban J connectivity index is 2.10. The maximum Gasteiger partial charge on any atom is 0.333 e. The van der Waals surface area contributed by atoms with E-state index in [0.717, 1.165) is 9.80 Å². The van der Waals surface area contributed by atoms with Crippen LogP contribution in [0.4, 0.5) is 4.79 Å². The van der Waals surface area contributed by atoms with Gasteiger partial charge in [0.1, 0.15) is 11.3 Å². The average Bonchev–Trinajstić information content (AvgIpc) is 2.68. The number of ether oxygens (including phenoxy) is 1. The van der Waals surface area contributed by atoms with Gasteiger partial charge in [-0.3, -0.25) is 24.2 Å². The van der Waals surface area contributed by atoms with Crippen LogP contribution in [-0.2, 0) is 14.4 Å². The molecule has 144 valence electrons. The third-order valence-corrected chi connectivity index (χ3v) is 4.31. The molecule has 1 fully saturated rings. The molecular weight excluding hydrogens is 350 g/mol. The average molecular weight is 373 g/mol. The van der Waals surface area contributed by atoms with Crippen molar-refractivity contribution >= 4 is 29.8 Å². The van der Waals surface area contributed by atoms with Gasteiger partial charge >= 0.3 is 6.03 Å². The summed E-state index contributed by atoms with van der Waals surface area (Å²) in [6.45, 7) is 4.99. The molecule has 0 atom stereocenters. The molecule has 8 heteroatoms. The van der Waals surface area contributed by atoms with Gasteiger partial charge in [0.2, 0.25) is 0 Å². The van der Waals surface area contributed by atoms with E-state index >= 15 is 0 Å². The molecule has 0 N–H and O–H groups in total. The zero-order valence-electron chi connectivity index (χ0n) is 15.9. The van der Waals surface area contributed by atoms with Crippen molar-refractivity contribution in [2.75, 3.05) is 33.8 Å². The van der Waals surface area contributed by atoms with Crippen molar-refractivity contribution in [2.45, 2.75) is 13.8 Å². The molecule has 0 bridgehead atoms. The van der Waals surface area contributed by atoms with Gasteiger partial charge in [0.15, 0.2) is 6.61 Å². The molecule has 27 heavy (non-hydrogen) atoms. The Labute approximate surface area is 158 Å². The highest BCUT2D eigenvalue weighted by Crippen LogP contribution is 2.19. The van der Waals surface area contributed by atoms with Crippen LogP contribution in [-0.4, -0.2) is 72.2 Å². The number of benzene rings is 1. The number of carbonyl (C=O) groups is 4. The summed E-state index contributed by atoms with van der Waals surface area (Å²) in [7, 11) is 2.65. The van der Waals surface area contributed by atoms with Gasteiger partial charge in [-0.15, -0.1) is 0 Å². The Morgan fingerprint density at radius 1 is 1.00 bits per heavy atom. The van der Waals surface area contributed by atoms with Gasteiger partial charge in [-0.25, -0.2) is 4.79 Å². The molecule has 0 saturated carbocycles. The lowest BCUT2D eigenvalue weighted by Gasteiger charge is -2.28. The Bertz CT molecular complexity index is 755. The molecule has 5 amide bonds. The van der Waals surface area contributed by atoms with Crippen LogP contribution in [0.2, 0.25) is 0 Å². The van der Waals surface area contributed by atoms with Crippen molar-refractivity contribution in [1.82, 2.24) is 14.7 Å². The normalized spacial score (nSPS) is 14.5. The van der Waals surface area contributed by atoms with Crippen LogP contribution in [0.5, 0.6) is 5.75 Å². The van der Waals surface area contributed by atoms with E-state index in [9.17, 15) is 19.2 Å². The number of rotatable bonds is 6. The van der Waals surface area contributed by atoms with E-state index in [1.807, 2.05) is 13.8 Å². The predicted octanol–water partition coefficient (Wildman–Crippen LogP) is 1.37. The van der Waals surface area contributed by atoms with Gasteiger partial charge in [0.25, 0.3) is 17.7 Å². The van der Waals surface area contributed by atoms with Crippen LogP contribution in [0.1, 0.15) is 19.4 Å². The lowest BCUT2D eigenvalue weighted by molar-refractivity contribution is -0.134. The fourth-order valence-corrected chi connectivity index (χ4v) is 2.61. The molecule has 1 aliphatic heterocycles. The number of likely N-dealkylation sites (N-methyl/N-ethyl adjacent to an activating group) is 3. The fourth-order valence-electron chi connectivity index (χ4n) is 2.61. The number of urea groups is 1. The molecule has 0 radical (unpaired) electrons. The third kappa shape index (κ3) is 4.33. The largest absolute Gasteiger partial charge is 0.484 e. The van der Waals surface area contributed by atoms with Crippen molar-refractivity contribution in [3.8, 4) is 5.75 Å². The SMILES string of the molecule is CCN(CC)C(=O)COc1ccc(C=C2C(=O)N(C)C(=O)N(C)C2=O)cc1. The predicted molar refractivity (Wildman–Crippen MR) is 98.8 cm³/mol. The molecule has 0 unspecified atom stereocenters. The minimum atomic E-state index is -0.663. The molecule has 1 aliphatic rings. The van der Waals surface area contributed by atoms with Crippen LogP contribution in [0.3, 0.4) is 0 Å². The molecular formula is C19H23N3O5. The Hall–Kier alpha value is -3.16. The fraction of sp³-hybridized carbons (Fsp3) is 0.368. The Kier molecular flexibility index (Phi) is 6.33. The summed E-state index contributed by atoms with van der Waals surface area (Å²) >= 11 is 0. The van der Waals surface area contributed by atoms with Crippen molar-refractivity contribution in [2.24, 2.45) is 0 Å². The quantitative estimate of drug-likeness (QED) is 0.555. The lowest BCUT2D eigenvalue weighted by Crippen LogP contribution is -2.52. The zero-order chi connectivity index (χ0) is 20.1. The standard InChI is InChI=1S/C19H23N3O5/c1-5-22(6-2)16(23)12-27-14-9-7-13(8-10-14)11-15-17(24)20(3)19(26)21(4)18(15)25/h7-11H,5-6,12H2,1-4H3. The number of nitrogens with zero attached hydrogens (tertiary/aromatic N) is 3. The van der Waals surface area contributed by atoms with Crippen molar-refractivity contribution in [1.29, 1.82) is 0 Å². The number of amides is 5. The van der Waals surface area contributed by atoms with Crippen LogP contribution in [0.25, 0.3) is 6.08 Å². The van der Waals surface area contributed by atoms with Gasteiger partial charge in [-0.05, 0) is 37.6 Å².